The summed E-state index contributed by atoms with van der Waals surface area (Å²) in [6, 6.07) is 26.2. The van der Waals surface area contributed by atoms with E-state index in [-0.39, 0.29) is 24.4 Å². The van der Waals surface area contributed by atoms with Crippen molar-refractivity contribution in [2.75, 3.05) is 4.90 Å². The molecule has 1 aromatic heterocycles. The number of nitrogens with zero attached hydrogens (tertiary/aromatic N) is 2. The third-order valence-corrected chi connectivity index (χ3v) is 8.32. The summed E-state index contributed by atoms with van der Waals surface area (Å²) in [6.07, 6.45) is 0. The minimum absolute atomic E-state index is 0.00247. The van der Waals surface area contributed by atoms with Crippen LogP contribution < -0.4 is 10.3 Å². The van der Waals surface area contributed by atoms with Gasteiger partial charge in [-0.25, -0.2) is 4.39 Å². The number of halogens is 1. The number of para-hydroxylation sites is 1. The molecule has 2 aliphatic heterocycles. The quantitative estimate of drug-likeness (QED) is 0.279. The lowest BCUT2D eigenvalue weighted by Gasteiger charge is -2.34. The predicted molar refractivity (Wildman–Crippen MR) is 153 cm³/mol. The van der Waals surface area contributed by atoms with Crippen molar-refractivity contribution in [3.8, 4) is 0 Å². The van der Waals surface area contributed by atoms with Crippen LogP contribution in [0, 0.1) is 19.7 Å². The lowest BCUT2D eigenvalue weighted by atomic mass is 9.83. The highest BCUT2D eigenvalue weighted by Crippen LogP contribution is 2.53. The van der Waals surface area contributed by atoms with E-state index >= 15 is 0 Å². The van der Waals surface area contributed by atoms with Gasteiger partial charge in [0, 0.05) is 17.7 Å². The van der Waals surface area contributed by atoms with Gasteiger partial charge in [0.2, 0.25) is 5.76 Å². The van der Waals surface area contributed by atoms with E-state index in [0.29, 0.717) is 27.8 Å². The molecule has 202 valence electrons. The second-order valence-electron chi connectivity index (χ2n) is 10.7. The predicted octanol–water partition coefficient (Wildman–Crippen LogP) is 6.00. The van der Waals surface area contributed by atoms with Crippen LogP contribution >= 0.6 is 0 Å². The Kier molecular flexibility index (Phi) is 5.47. The van der Waals surface area contributed by atoms with E-state index < -0.39 is 28.6 Å². The van der Waals surface area contributed by atoms with Crippen molar-refractivity contribution in [1.29, 1.82) is 0 Å². The molecule has 7 heteroatoms. The van der Waals surface area contributed by atoms with Gasteiger partial charge in [0.15, 0.2) is 11.0 Å². The molecular weight excluding hydrogens is 519 g/mol. The van der Waals surface area contributed by atoms with Crippen molar-refractivity contribution >= 4 is 28.5 Å². The van der Waals surface area contributed by atoms with Gasteiger partial charge in [-0.05, 0) is 54.8 Å². The Morgan fingerprint density at radius 3 is 2.27 bits per heavy atom. The van der Waals surface area contributed by atoms with Gasteiger partial charge in [-0.1, -0.05) is 66.7 Å². The molecule has 4 aromatic carbocycles. The molecule has 41 heavy (non-hydrogen) atoms. The molecule has 1 spiro atoms. The first-order valence-corrected chi connectivity index (χ1v) is 13.4. The number of hydrogen-bond acceptors (Lipinski definition) is 4. The number of benzene rings is 4. The Morgan fingerprint density at radius 1 is 0.805 bits per heavy atom. The highest BCUT2D eigenvalue weighted by atomic mass is 19.1. The molecule has 0 radical (unpaired) electrons. The number of hydrogen-bond donors (Lipinski definition) is 0. The number of carbonyl (C=O) groups excluding carboxylic acids is 2. The third kappa shape index (κ3) is 3.45. The molecule has 1 atom stereocenters. The molecule has 3 heterocycles. The Morgan fingerprint density at radius 2 is 1.49 bits per heavy atom. The summed E-state index contributed by atoms with van der Waals surface area (Å²) in [5.74, 6) is -1.63. The fourth-order valence-electron chi connectivity index (χ4n) is 6.19. The van der Waals surface area contributed by atoms with Crippen molar-refractivity contribution in [2.24, 2.45) is 0 Å². The minimum Gasteiger partial charge on any atom is -0.450 e. The molecule has 6 nitrogen and oxygen atoms in total. The van der Waals surface area contributed by atoms with Crippen LogP contribution in [0.15, 0.2) is 100 Å². The van der Waals surface area contributed by atoms with Gasteiger partial charge in [-0.15, -0.1) is 0 Å². The molecule has 2 amide bonds. The van der Waals surface area contributed by atoms with Crippen LogP contribution in [-0.2, 0) is 23.4 Å². The SMILES string of the molecule is Cc1cc2oc3c(c(=O)c2cc1C)C1(C(=O)N(Cc2ccccc2F)c2ccccc21)N(Cc1ccccc1)C3=O. The Bertz CT molecular complexity index is 1970. The second-order valence-corrected chi connectivity index (χ2v) is 10.7. The first kappa shape index (κ1) is 25.0. The maximum atomic E-state index is 14.8. The molecule has 0 aliphatic carbocycles. The van der Waals surface area contributed by atoms with E-state index in [4.69, 9.17) is 4.42 Å². The highest BCUT2D eigenvalue weighted by Gasteiger charge is 2.65. The fourth-order valence-corrected chi connectivity index (χ4v) is 6.19. The van der Waals surface area contributed by atoms with Crippen molar-refractivity contribution in [3.05, 3.63) is 146 Å². The largest absolute Gasteiger partial charge is 0.450 e. The van der Waals surface area contributed by atoms with Crippen LogP contribution in [0.1, 0.15) is 43.9 Å². The zero-order valence-electron chi connectivity index (χ0n) is 22.5. The number of amides is 2. The Balaban J connectivity index is 1.53. The van der Waals surface area contributed by atoms with E-state index in [1.165, 1.54) is 15.9 Å². The Hall–Kier alpha value is -5.04. The van der Waals surface area contributed by atoms with Crippen LogP contribution in [0.5, 0.6) is 0 Å². The normalized spacial score (nSPS) is 17.5. The first-order chi connectivity index (χ1) is 19.8. The van der Waals surface area contributed by atoms with E-state index in [2.05, 4.69) is 0 Å². The topological polar surface area (TPSA) is 70.8 Å². The molecule has 1 unspecified atom stereocenters. The average Bonchev–Trinajstić information content (AvgIpc) is 3.36. The van der Waals surface area contributed by atoms with Crippen LogP contribution in [-0.4, -0.2) is 16.7 Å². The van der Waals surface area contributed by atoms with Crippen LogP contribution in [0.3, 0.4) is 0 Å². The van der Waals surface area contributed by atoms with Crippen molar-refractivity contribution < 1.29 is 18.4 Å². The number of anilines is 1. The number of fused-ring (bicyclic) bond motifs is 5. The molecule has 2 aliphatic rings. The van der Waals surface area contributed by atoms with Crippen LogP contribution in [0.2, 0.25) is 0 Å². The van der Waals surface area contributed by atoms with Crippen molar-refractivity contribution in [1.82, 2.24) is 4.90 Å². The molecule has 0 N–H and O–H groups in total. The Labute approximate surface area is 235 Å². The molecule has 7 rings (SSSR count). The zero-order valence-corrected chi connectivity index (χ0v) is 22.5. The summed E-state index contributed by atoms with van der Waals surface area (Å²) in [5, 5.41) is 0.304. The summed E-state index contributed by atoms with van der Waals surface area (Å²) in [4.78, 5) is 46.4. The van der Waals surface area contributed by atoms with Gasteiger partial charge >= 0.3 is 0 Å². The van der Waals surface area contributed by atoms with Crippen molar-refractivity contribution in [3.63, 3.8) is 0 Å². The summed E-state index contributed by atoms with van der Waals surface area (Å²) >= 11 is 0. The average molecular weight is 545 g/mol. The number of carbonyl (C=O) groups is 2. The summed E-state index contributed by atoms with van der Waals surface area (Å²) < 4.78 is 21.0. The van der Waals surface area contributed by atoms with Crippen LogP contribution in [0.4, 0.5) is 10.1 Å². The van der Waals surface area contributed by atoms with Gasteiger partial charge in [-0.2, -0.15) is 0 Å². The fraction of sp³-hybridized carbons (Fsp3) is 0.147. The van der Waals surface area contributed by atoms with E-state index in [1.54, 1.807) is 54.6 Å². The van der Waals surface area contributed by atoms with Gasteiger partial charge in [0.25, 0.3) is 11.8 Å². The minimum atomic E-state index is -1.78. The third-order valence-electron chi connectivity index (χ3n) is 8.32. The van der Waals surface area contributed by atoms with Gasteiger partial charge in [0.1, 0.15) is 11.4 Å². The lowest BCUT2D eigenvalue weighted by molar-refractivity contribution is -0.126. The summed E-state index contributed by atoms with van der Waals surface area (Å²) in [5.41, 5.74) is 2.01. The first-order valence-electron chi connectivity index (χ1n) is 13.4. The molecule has 5 aromatic rings. The summed E-state index contributed by atoms with van der Waals surface area (Å²) in [7, 11) is 0. The van der Waals surface area contributed by atoms with Gasteiger partial charge < -0.3 is 14.2 Å². The van der Waals surface area contributed by atoms with Gasteiger partial charge in [0.05, 0.1) is 23.2 Å². The van der Waals surface area contributed by atoms with Gasteiger partial charge in [-0.3, -0.25) is 14.4 Å². The second kappa shape index (κ2) is 8.99. The number of aryl methyl sites for hydroxylation is 2. The van der Waals surface area contributed by atoms with Crippen LogP contribution in [0.25, 0.3) is 11.0 Å². The molecular formula is C34H25FN2O4. The monoisotopic (exact) mass is 544 g/mol. The van der Waals surface area contributed by atoms with E-state index in [9.17, 15) is 18.8 Å². The maximum Gasteiger partial charge on any atom is 0.291 e. The highest BCUT2D eigenvalue weighted by molar-refractivity contribution is 6.17. The zero-order chi connectivity index (χ0) is 28.5. The molecule has 0 saturated heterocycles. The molecule has 0 saturated carbocycles. The molecule has 0 fully saturated rings. The molecule has 0 bridgehead atoms. The lowest BCUT2D eigenvalue weighted by Crippen LogP contribution is -2.53. The summed E-state index contributed by atoms with van der Waals surface area (Å²) in [6.45, 7) is 3.80. The number of rotatable bonds is 4. The smallest absolute Gasteiger partial charge is 0.291 e. The maximum absolute atomic E-state index is 14.8. The van der Waals surface area contributed by atoms with E-state index in [0.717, 1.165) is 16.7 Å². The van der Waals surface area contributed by atoms with E-state index in [1.807, 2.05) is 44.2 Å². The van der Waals surface area contributed by atoms with Crippen molar-refractivity contribution in [2.45, 2.75) is 32.5 Å². The standard InChI is InChI=1S/C34H25FN2O4/c1-20-16-24-28(17-21(20)2)41-31-29(30(24)38)34(37(32(31)39)18-22-10-4-3-5-11-22)25-13-7-9-15-27(25)36(33(34)40)19-23-12-6-8-14-26(23)35/h3-17H,18-19H2,1-2H3.